The largest absolute Gasteiger partial charge is 0.406 e. The molecule has 2 rings (SSSR count). The van der Waals surface area contributed by atoms with Crippen molar-refractivity contribution in [3.8, 4) is 23.6 Å². The van der Waals surface area contributed by atoms with Crippen LogP contribution in [0.5, 0.6) is 0 Å². The second-order valence-corrected chi connectivity index (χ2v) is 5.15. The molecule has 1 aromatic carbocycles. The van der Waals surface area contributed by atoms with Crippen LogP contribution >= 0.6 is 11.3 Å². The van der Waals surface area contributed by atoms with E-state index in [1.165, 1.54) is 23.5 Å². The third kappa shape index (κ3) is 4.09. The fraction of sp³-hybridized carbons (Fsp3) is 0.200. The van der Waals surface area contributed by atoms with Crippen LogP contribution in [0.3, 0.4) is 0 Å². The van der Waals surface area contributed by atoms with Crippen LogP contribution in [-0.4, -0.2) is 35.1 Å². The van der Waals surface area contributed by atoms with E-state index >= 15 is 0 Å². The lowest BCUT2D eigenvalue weighted by atomic mass is 10.1. The minimum Gasteiger partial charge on any atom is -0.318 e. The van der Waals surface area contributed by atoms with Gasteiger partial charge in [0.25, 0.3) is 5.91 Å². The first-order valence-corrected chi connectivity index (χ1v) is 7.13. The van der Waals surface area contributed by atoms with E-state index in [4.69, 9.17) is 6.42 Å². The van der Waals surface area contributed by atoms with E-state index < -0.39 is 25.2 Å². The summed E-state index contributed by atoms with van der Waals surface area (Å²) in [5.74, 6) is 1.32. The minimum absolute atomic E-state index is 0.151. The van der Waals surface area contributed by atoms with Gasteiger partial charge in [-0.1, -0.05) is 18.1 Å². The van der Waals surface area contributed by atoms with Gasteiger partial charge in [-0.25, -0.2) is 4.98 Å². The summed E-state index contributed by atoms with van der Waals surface area (Å²) in [6, 6.07) is 6.22. The Labute approximate surface area is 129 Å². The van der Waals surface area contributed by atoms with E-state index in [0.29, 0.717) is 4.90 Å². The molecule has 0 bridgehead atoms. The lowest BCUT2D eigenvalue weighted by Crippen LogP contribution is -2.39. The van der Waals surface area contributed by atoms with Crippen molar-refractivity contribution in [2.75, 3.05) is 13.1 Å². The van der Waals surface area contributed by atoms with E-state index in [-0.39, 0.29) is 5.56 Å². The van der Waals surface area contributed by atoms with Crippen molar-refractivity contribution in [2.24, 2.45) is 0 Å². The van der Waals surface area contributed by atoms with Crippen LogP contribution in [0.4, 0.5) is 13.2 Å². The maximum absolute atomic E-state index is 12.5. The molecule has 22 heavy (non-hydrogen) atoms. The molecule has 0 fully saturated rings. The average molecular weight is 324 g/mol. The molecule has 3 nitrogen and oxygen atoms in total. The van der Waals surface area contributed by atoms with Gasteiger partial charge in [-0.3, -0.25) is 4.79 Å². The molecule has 0 aliphatic rings. The van der Waals surface area contributed by atoms with Gasteiger partial charge in [0.15, 0.2) is 0 Å². The van der Waals surface area contributed by atoms with Crippen molar-refractivity contribution in [2.45, 2.75) is 6.18 Å². The van der Waals surface area contributed by atoms with Crippen LogP contribution in [0, 0.1) is 12.3 Å². The Morgan fingerprint density at radius 3 is 2.50 bits per heavy atom. The fourth-order valence-electron chi connectivity index (χ4n) is 1.85. The SMILES string of the molecule is C#CCN(CC(F)(F)F)C(=O)c1ccc(-c2cscn2)cc1. The number of halogens is 3. The molecule has 0 aliphatic heterocycles. The third-order valence-electron chi connectivity index (χ3n) is 2.80. The number of aromatic nitrogens is 1. The number of benzene rings is 1. The normalized spacial score (nSPS) is 11.0. The van der Waals surface area contributed by atoms with Crippen LogP contribution in [0.15, 0.2) is 35.2 Å². The molecule has 0 radical (unpaired) electrons. The van der Waals surface area contributed by atoms with Gasteiger partial charge in [0.2, 0.25) is 0 Å². The molecule has 2 aromatic rings. The molecular weight excluding hydrogens is 313 g/mol. The predicted octanol–water partition coefficient (Wildman–Crippen LogP) is 3.45. The first-order valence-electron chi connectivity index (χ1n) is 6.19. The Morgan fingerprint density at radius 1 is 1.32 bits per heavy atom. The number of alkyl halides is 3. The number of carbonyl (C=O) groups is 1. The predicted molar refractivity (Wildman–Crippen MR) is 78.3 cm³/mol. The highest BCUT2D eigenvalue weighted by molar-refractivity contribution is 7.07. The van der Waals surface area contributed by atoms with Gasteiger partial charge in [0.05, 0.1) is 17.7 Å². The van der Waals surface area contributed by atoms with Gasteiger partial charge in [-0.05, 0) is 12.1 Å². The van der Waals surface area contributed by atoms with Crippen molar-refractivity contribution >= 4 is 17.2 Å². The van der Waals surface area contributed by atoms with Gasteiger partial charge < -0.3 is 4.90 Å². The number of nitrogens with zero attached hydrogens (tertiary/aromatic N) is 2. The smallest absolute Gasteiger partial charge is 0.318 e. The Morgan fingerprint density at radius 2 is 2.00 bits per heavy atom. The Bertz CT molecular complexity index is 672. The third-order valence-corrected chi connectivity index (χ3v) is 3.39. The first-order chi connectivity index (χ1) is 10.4. The van der Waals surface area contributed by atoms with Crippen LogP contribution in [0.1, 0.15) is 10.4 Å². The monoisotopic (exact) mass is 324 g/mol. The maximum Gasteiger partial charge on any atom is 0.406 e. The Kier molecular flexibility index (Phi) is 4.83. The zero-order chi connectivity index (χ0) is 16.2. The molecule has 7 heteroatoms. The molecular formula is C15H11F3N2OS. The topological polar surface area (TPSA) is 33.2 Å². The van der Waals surface area contributed by atoms with Gasteiger partial charge in [0, 0.05) is 16.5 Å². The Hall–Kier alpha value is -2.33. The van der Waals surface area contributed by atoms with Gasteiger partial charge >= 0.3 is 6.18 Å². The maximum atomic E-state index is 12.5. The zero-order valence-corrected chi connectivity index (χ0v) is 12.1. The number of thiazole rings is 1. The van der Waals surface area contributed by atoms with E-state index in [2.05, 4.69) is 10.9 Å². The molecule has 0 saturated heterocycles. The molecule has 0 N–H and O–H groups in total. The summed E-state index contributed by atoms with van der Waals surface area (Å²) < 4.78 is 37.5. The molecule has 0 atom stereocenters. The summed E-state index contributed by atoms with van der Waals surface area (Å²) in [6.07, 6.45) is 0.541. The van der Waals surface area contributed by atoms with Crippen LogP contribution in [0.2, 0.25) is 0 Å². The summed E-state index contributed by atoms with van der Waals surface area (Å²) in [5.41, 5.74) is 3.36. The quantitative estimate of drug-likeness (QED) is 0.807. The van der Waals surface area contributed by atoms with E-state index in [0.717, 1.165) is 11.3 Å². The second kappa shape index (κ2) is 6.62. The minimum atomic E-state index is -4.49. The van der Waals surface area contributed by atoms with Crippen molar-refractivity contribution in [3.05, 3.63) is 40.7 Å². The summed E-state index contributed by atoms with van der Waals surface area (Å²) in [7, 11) is 0. The summed E-state index contributed by atoms with van der Waals surface area (Å²) in [5, 5.41) is 1.84. The first kappa shape index (κ1) is 16.0. The number of terminal acetylenes is 1. The summed E-state index contributed by atoms with van der Waals surface area (Å²) in [6.45, 7) is -1.77. The van der Waals surface area contributed by atoms with Crippen molar-refractivity contribution in [1.82, 2.24) is 9.88 Å². The molecule has 1 amide bonds. The fourth-order valence-corrected chi connectivity index (χ4v) is 2.41. The molecule has 1 heterocycles. The zero-order valence-electron chi connectivity index (χ0n) is 11.3. The highest BCUT2D eigenvalue weighted by Gasteiger charge is 2.33. The van der Waals surface area contributed by atoms with Gasteiger partial charge in [-0.15, -0.1) is 17.8 Å². The van der Waals surface area contributed by atoms with Crippen molar-refractivity contribution in [3.63, 3.8) is 0 Å². The highest BCUT2D eigenvalue weighted by atomic mass is 32.1. The molecule has 0 spiro atoms. The van der Waals surface area contributed by atoms with Crippen LogP contribution in [-0.2, 0) is 0 Å². The number of hydrogen-bond donors (Lipinski definition) is 0. The van der Waals surface area contributed by atoms with Gasteiger partial charge in [0.1, 0.15) is 6.54 Å². The average Bonchev–Trinajstić information content (AvgIpc) is 2.99. The number of rotatable bonds is 4. The van der Waals surface area contributed by atoms with Crippen LogP contribution < -0.4 is 0 Å². The standard InChI is InChI=1S/C15H11F3N2OS/c1-2-7-20(9-15(16,17)18)14(21)12-5-3-11(4-6-12)13-8-22-10-19-13/h1,3-6,8,10H,7,9H2. The number of amides is 1. The molecule has 114 valence electrons. The molecule has 1 aromatic heterocycles. The summed E-state index contributed by atoms with van der Waals surface area (Å²) in [4.78, 5) is 16.8. The summed E-state index contributed by atoms with van der Waals surface area (Å²) >= 11 is 1.43. The lowest BCUT2D eigenvalue weighted by Gasteiger charge is -2.21. The highest BCUT2D eigenvalue weighted by Crippen LogP contribution is 2.21. The number of hydrogen-bond acceptors (Lipinski definition) is 3. The van der Waals surface area contributed by atoms with Crippen molar-refractivity contribution in [1.29, 1.82) is 0 Å². The van der Waals surface area contributed by atoms with E-state index in [1.807, 2.05) is 5.38 Å². The van der Waals surface area contributed by atoms with E-state index in [1.54, 1.807) is 17.6 Å². The van der Waals surface area contributed by atoms with Crippen LogP contribution in [0.25, 0.3) is 11.3 Å². The Balaban J connectivity index is 2.18. The molecule has 0 unspecified atom stereocenters. The van der Waals surface area contributed by atoms with Crippen molar-refractivity contribution < 1.29 is 18.0 Å². The second-order valence-electron chi connectivity index (χ2n) is 4.43. The molecule has 0 saturated carbocycles. The lowest BCUT2D eigenvalue weighted by molar-refractivity contribution is -0.139. The van der Waals surface area contributed by atoms with Gasteiger partial charge in [-0.2, -0.15) is 13.2 Å². The number of carbonyl (C=O) groups excluding carboxylic acids is 1. The van der Waals surface area contributed by atoms with E-state index in [9.17, 15) is 18.0 Å². The molecule has 0 aliphatic carbocycles.